The standard InChI is InChI=1S/C14H23N3/c1-11-8-14(15)5-4-13(11)10-17-7-6-16(3)12(2)9-17/h4-5,8,12H,6-7,9-10,15H2,1-3H3/t12-/m0/s1. The maximum atomic E-state index is 5.78. The number of likely N-dealkylation sites (N-methyl/N-ethyl adjacent to an activating group) is 1. The van der Waals surface area contributed by atoms with Crippen LogP contribution >= 0.6 is 0 Å². The second kappa shape index (κ2) is 5.07. The van der Waals surface area contributed by atoms with Gasteiger partial charge >= 0.3 is 0 Å². The van der Waals surface area contributed by atoms with E-state index in [9.17, 15) is 0 Å². The van der Waals surface area contributed by atoms with E-state index in [0.29, 0.717) is 6.04 Å². The molecule has 1 aromatic carbocycles. The zero-order valence-corrected chi connectivity index (χ0v) is 11.1. The van der Waals surface area contributed by atoms with Crippen molar-refractivity contribution in [2.75, 3.05) is 32.4 Å². The van der Waals surface area contributed by atoms with E-state index in [1.807, 2.05) is 6.07 Å². The first kappa shape index (κ1) is 12.4. The molecule has 0 radical (unpaired) electrons. The molecule has 0 aromatic heterocycles. The Morgan fingerprint density at radius 2 is 2.12 bits per heavy atom. The Labute approximate surface area is 104 Å². The number of piperazine rings is 1. The third-order valence-corrected chi connectivity index (χ3v) is 3.80. The molecule has 3 nitrogen and oxygen atoms in total. The van der Waals surface area contributed by atoms with Crippen LogP contribution in [0.5, 0.6) is 0 Å². The largest absolute Gasteiger partial charge is 0.399 e. The highest BCUT2D eigenvalue weighted by molar-refractivity contribution is 5.44. The second-order valence-electron chi connectivity index (χ2n) is 5.25. The molecule has 2 rings (SSSR count). The molecule has 2 N–H and O–H groups in total. The third-order valence-electron chi connectivity index (χ3n) is 3.80. The van der Waals surface area contributed by atoms with Gasteiger partial charge in [0.1, 0.15) is 0 Å². The Bertz CT molecular complexity index is 389. The Morgan fingerprint density at radius 3 is 2.76 bits per heavy atom. The molecule has 0 aliphatic carbocycles. The minimum Gasteiger partial charge on any atom is -0.399 e. The first-order valence-electron chi connectivity index (χ1n) is 6.34. The lowest BCUT2D eigenvalue weighted by Gasteiger charge is -2.37. The van der Waals surface area contributed by atoms with Crippen LogP contribution in [0.15, 0.2) is 18.2 Å². The molecule has 3 heteroatoms. The first-order chi connectivity index (χ1) is 8.06. The van der Waals surface area contributed by atoms with Crippen molar-refractivity contribution in [2.45, 2.75) is 26.4 Å². The summed E-state index contributed by atoms with van der Waals surface area (Å²) >= 11 is 0. The summed E-state index contributed by atoms with van der Waals surface area (Å²) in [6, 6.07) is 6.88. The normalized spacial score (nSPS) is 22.9. The molecule has 0 saturated carbocycles. The van der Waals surface area contributed by atoms with Gasteiger partial charge in [-0.25, -0.2) is 0 Å². The van der Waals surface area contributed by atoms with Crippen molar-refractivity contribution in [3.8, 4) is 0 Å². The zero-order valence-electron chi connectivity index (χ0n) is 11.1. The lowest BCUT2D eigenvalue weighted by molar-refractivity contribution is 0.0998. The maximum absolute atomic E-state index is 5.78. The van der Waals surface area contributed by atoms with E-state index in [2.05, 4.69) is 42.8 Å². The van der Waals surface area contributed by atoms with E-state index in [1.165, 1.54) is 11.1 Å². The Morgan fingerprint density at radius 1 is 1.35 bits per heavy atom. The number of benzene rings is 1. The van der Waals surface area contributed by atoms with Crippen LogP contribution in [0.4, 0.5) is 5.69 Å². The molecule has 0 bridgehead atoms. The van der Waals surface area contributed by atoms with E-state index < -0.39 is 0 Å². The number of nitrogens with zero attached hydrogens (tertiary/aromatic N) is 2. The number of nitrogen functional groups attached to an aromatic ring is 1. The SMILES string of the molecule is Cc1cc(N)ccc1CN1CCN(C)[C@@H](C)C1. The van der Waals surface area contributed by atoms with Gasteiger partial charge < -0.3 is 10.6 Å². The highest BCUT2D eigenvalue weighted by atomic mass is 15.3. The van der Waals surface area contributed by atoms with Crippen molar-refractivity contribution >= 4 is 5.69 Å². The molecule has 0 spiro atoms. The van der Waals surface area contributed by atoms with E-state index in [4.69, 9.17) is 5.73 Å². The molecule has 0 amide bonds. The van der Waals surface area contributed by atoms with Gasteiger partial charge in [-0.2, -0.15) is 0 Å². The highest BCUT2D eigenvalue weighted by Gasteiger charge is 2.20. The van der Waals surface area contributed by atoms with Crippen LogP contribution in [0.2, 0.25) is 0 Å². The van der Waals surface area contributed by atoms with Gasteiger partial charge in [0, 0.05) is 37.9 Å². The highest BCUT2D eigenvalue weighted by Crippen LogP contribution is 2.16. The van der Waals surface area contributed by atoms with Crippen molar-refractivity contribution in [3.05, 3.63) is 29.3 Å². The monoisotopic (exact) mass is 233 g/mol. The predicted octanol–water partition coefficient (Wildman–Crippen LogP) is 1.71. The molecule has 1 heterocycles. The van der Waals surface area contributed by atoms with Crippen LogP contribution in [0.25, 0.3) is 0 Å². The minimum atomic E-state index is 0.651. The number of rotatable bonds is 2. The number of anilines is 1. The average Bonchev–Trinajstić information content (AvgIpc) is 2.27. The van der Waals surface area contributed by atoms with Crippen molar-refractivity contribution < 1.29 is 0 Å². The van der Waals surface area contributed by atoms with Gasteiger partial charge in [-0.3, -0.25) is 4.90 Å². The Kier molecular flexibility index (Phi) is 3.69. The van der Waals surface area contributed by atoms with Crippen LogP contribution in [0.1, 0.15) is 18.1 Å². The Hall–Kier alpha value is -1.06. The van der Waals surface area contributed by atoms with Crippen molar-refractivity contribution in [2.24, 2.45) is 0 Å². The summed E-state index contributed by atoms with van der Waals surface area (Å²) in [7, 11) is 2.20. The molecular formula is C14H23N3. The van der Waals surface area contributed by atoms with Crippen LogP contribution < -0.4 is 5.73 Å². The van der Waals surface area contributed by atoms with Crippen LogP contribution in [0.3, 0.4) is 0 Å². The molecule has 17 heavy (non-hydrogen) atoms. The quantitative estimate of drug-likeness (QED) is 0.789. The van der Waals surface area contributed by atoms with E-state index in [-0.39, 0.29) is 0 Å². The molecule has 0 unspecified atom stereocenters. The number of hydrogen-bond acceptors (Lipinski definition) is 3. The molecule has 1 fully saturated rings. The summed E-state index contributed by atoms with van der Waals surface area (Å²) in [5.74, 6) is 0. The summed E-state index contributed by atoms with van der Waals surface area (Å²) in [5.41, 5.74) is 9.34. The minimum absolute atomic E-state index is 0.651. The smallest absolute Gasteiger partial charge is 0.0316 e. The molecule has 1 aliphatic heterocycles. The Balaban J connectivity index is 2.01. The zero-order chi connectivity index (χ0) is 12.4. The van der Waals surface area contributed by atoms with Gasteiger partial charge in [0.05, 0.1) is 0 Å². The molecule has 1 aromatic rings. The fourth-order valence-corrected chi connectivity index (χ4v) is 2.40. The number of hydrogen-bond donors (Lipinski definition) is 1. The summed E-state index contributed by atoms with van der Waals surface area (Å²) in [6.07, 6.45) is 0. The third kappa shape index (κ3) is 2.99. The molecular weight excluding hydrogens is 210 g/mol. The maximum Gasteiger partial charge on any atom is 0.0316 e. The topological polar surface area (TPSA) is 32.5 Å². The van der Waals surface area contributed by atoms with Gasteiger partial charge in [-0.15, -0.1) is 0 Å². The van der Waals surface area contributed by atoms with Gasteiger partial charge in [-0.1, -0.05) is 6.07 Å². The van der Waals surface area contributed by atoms with Crippen molar-refractivity contribution in [1.29, 1.82) is 0 Å². The second-order valence-corrected chi connectivity index (χ2v) is 5.25. The van der Waals surface area contributed by atoms with Crippen LogP contribution in [-0.2, 0) is 6.54 Å². The number of nitrogens with two attached hydrogens (primary N) is 1. The fourth-order valence-electron chi connectivity index (χ4n) is 2.40. The van der Waals surface area contributed by atoms with Gasteiger partial charge in [0.2, 0.25) is 0 Å². The summed E-state index contributed by atoms with van der Waals surface area (Å²) in [6.45, 7) is 8.96. The lowest BCUT2D eigenvalue weighted by Crippen LogP contribution is -2.49. The molecule has 1 aliphatic rings. The van der Waals surface area contributed by atoms with Crippen molar-refractivity contribution in [1.82, 2.24) is 9.80 Å². The predicted molar refractivity (Wildman–Crippen MR) is 73.0 cm³/mol. The van der Waals surface area contributed by atoms with Crippen molar-refractivity contribution in [3.63, 3.8) is 0 Å². The van der Waals surface area contributed by atoms with E-state index >= 15 is 0 Å². The van der Waals surface area contributed by atoms with E-state index in [1.54, 1.807) is 0 Å². The summed E-state index contributed by atoms with van der Waals surface area (Å²) in [4.78, 5) is 4.95. The van der Waals surface area contributed by atoms with Crippen LogP contribution in [-0.4, -0.2) is 42.5 Å². The molecule has 1 atom stereocenters. The molecule has 1 saturated heterocycles. The lowest BCUT2D eigenvalue weighted by atomic mass is 10.1. The first-order valence-corrected chi connectivity index (χ1v) is 6.34. The average molecular weight is 233 g/mol. The molecule has 94 valence electrons. The van der Waals surface area contributed by atoms with Crippen LogP contribution in [0, 0.1) is 6.92 Å². The summed E-state index contributed by atoms with van der Waals surface area (Å²) in [5, 5.41) is 0. The number of aryl methyl sites for hydroxylation is 1. The van der Waals surface area contributed by atoms with Gasteiger partial charge in [-0.05, 0) is 44.2 Å². The fraction of sp³-hybridized carbons (Fsp3) is 0.571. The van der Waals surface area contributed by atoms with Gasteiger partial charge in [0.15, 0.2) is 0 Å². The van der Waals surface area contributed by atoms with Gasteiger partial charge in [0.25, 0.3) is 0 Å². The summed E-state index contributed by atoms with van der Waals surface area (Å²) < 4.78 is 0. The van der Waals surface area contributed by atoms with E-state index in [0.717, 1.165) is 31.9 Å².